The maximum Gasteiger partial charge on any atom is 0.0733 e. The van der Waals surface area contributed by atoms with Crippen molar-refractivity contribution in [2.24, 2.45) is 0 Å². The van der Waals surface area contributed by atoms with Gasteiger partial charge in [0, 0.05) is 0 Å². The molecule has 0 amide bonds. The van der Waals surface area contributed by atoms with E-state index in [0.29, 0.717) is 0 Å². The highest BCUT2D eigenvalue weighted by Crippen LogP contribution is 2.21. The molecule has 1 aromatic rings. The number of nitrogens with zero attached hydrogens (tertiary/aromatic N) is 2. The molecule has 0 bridgehead atoms. The largest absolute Gasteiger partial charge is 0.396 e. The summed E-state index contributed by atoms with van der Waals surface area (Å²) in [6.07, 6.45) is 3.85. The Bertz CT molecular complexity index is 281. The Hall–Kier alpha value is -0.990. The number of nitrogen functional groups attached to an aromatic ring is 1. The third-order valence-electron chi connectivity index (χ3n) is 2.02. The van der Waals surface area contributed by atoms with Crippen LogP contribution in [-0.4, -0.2) is 9.78 Å². The van der Waals surface area contributed by atoms with Gasteiger partial charge in [0.25, 0.3) is 0 Å². The lowest BCUT2D eigenvalue weighted by atomic mass is 10.1. The minimum Gasteiger partial charge on any atom is -0.396 e. The third-order valence-corrected chi connectivity index (χ3v) is 2.02. The summed E-state index contributed by atoms with van der Waals surface area (Å²) in [5, 5.41) is 4.30. The van der Waals surface area contributed by atoms with E-state index in [0.717, 1.165) is 24.2 Å². The van der Waals surface area contributed by atoms with Crippen molar-refractivity contribution < 1.29 is 0 Å². The lowest BCUT2D eigenvalue weighted by molar-refractivity contribution is 0.343. The monoisotopic (exact) mass is 181 g/mol. The number of aromatic nitrogens is 2. The van der Waals surface area contributed by atoms with Crippen molar-refractivity contribution >= 4 is 5.69 Å². The fourth-order valence-electron chi connectivity index (χ4n) is 1.45. The molecule has 0 unspecified atom stereocenters. The highest BCUT2D eigenvalue weighted by molar-refractivity contribution is 5.41. The van der Waals surface area contributed by atoms with Gasteiger partial charge in [-0.3, -0.25) is 4.68 Å². The zero-order valence-corrected chi connectivity index (χ0v) is 8.96. The Labute approximate surface area is 79.9 Å². The Morgan fingerprint density at radius 1 is 1.46 bits per heavy atom. The summed E-state index contributed by atoms with van der Waals surface area (Å²) in [5.41, 5.74) is 7.85. The van der Waals surface area contributed by atoms with E-state index >= 15 is 0 Å². The molecule has 0 radical (unpaired) electrons. The van der Waals surface area contributed by atoms with Crippen LogP contribution in [0.2, 0.25) is 0 Å². The van der Waals surface area contributed by atoms with Gasteiger partial charge in [0.1, 0.15) is 0 Å². The van der Waals surface area contributed by atoms with E-state index in [1.54, 1.807) is 6.20 Å². The molecule has 1 rings (SSSR count). The lowest BCUT2D eigenvalue weighted by Crippen LogP contribution is -2.25. The molecule has 0 aliphatic heterocycles. The van der Waals surface area contributed by atoms with Crippen LogP contribution in [-0.2, 0) is 12.0 Å². The van der Waals surface area contributed by atoms with Gasteiger partial charge in [0.2, 0.25) is 0 Å². The molecule has 74 valence electrons. The molecule has 0 aliphatic carbocycles. The lowest BCUT2D eigenvalue weighted by Gasteiger charge is -2.22. The molecule has 13 heavy (non-hydrogen) atoms. The zero-order chi connectivity index (χ0) is 10.1. The van der Waals surface area contributed by atoms with Crippen LogP contribution >= 0.6 is 0 Å². The summed E-state index contributed by atoms with van der Waals surface area (Å²) >= 11 is 0. The molecular formula is C10H19N3. The van der Waals surface area contributed by atoms with Crippen molar-refractivity contribution in [2.45, 2.75) is 46.1 Å². The van der Waals surface area contributed by atoms with Gasteiger partial charge in [-0.25, -0.2) is 0 Å². The van der Waals surface area contributed by atoms with Gasteiger partial charge in [0.15, 0.2) is 0 Å². The number of anilines is 1. The van der Waals surface area contributed by atoms with Crippen molar-refractivity contribution in [3.63, 3.8) is 0 Å². The number of rotatable bonds is 2. The van der Waals surface area contributed by atoms with E-state index in [2.05, 4.69) is 32.8 Å². The molecule has 3 heteroatoms. The van der Waals surface area contributed by atoms with Crippen molar-refractivity contribution in [1.29, 1.82) is 0 Å². The minimum absolute atomic E-state index is 0.0299. The van der Waals surface area contributed by atoms with Gasteiger partial charge in [0.05, 0.1) is 23.1 Å². The molecule has 1 heterocycles. The Balaban J connectivity index is 3.07. The number of nitrogens with two attached hydrogens (primary N) is 1. The molecule has 3 nitrogen and oxygen atoms in total. The summed E-state index contributed by atoms with van der Waals surface area (Å²) in [5.74, 6) is 0. The maximum absolute atomic E-state index is 5.84. The molecule has 0 aromatic carbocycles. The van der Waals surface area contributed by atoms with Crippen LogP contribution in [0.25, 0.3) is 0 Å². The van der Waals surface area contributed by atoms with E-state index in [4.69, 9.17) is 5.73 Å². The smallest absolute Gasteiger partial charge is 0.0733 e. The topological polar surface area (TPSA) is 43.8 Å². The molecule has 2 N–H and O–H groups in total. The van der Waals surface area contributed by atoms with Crippen molar-refractivity contribution in [3.05, 3.63) is 11.9 Å². The zero-order valence-electron chi connectivity index (χ0n) is 8.96. The van der Waals surface area contributed by atoms with Crippen LogP contribution in [0.15, 0.2) is 6.20 Å². The second-order valence-electron chi connectivity index (χ2n) is 4.38. The predicted molar refractivity (Wildman–Crippen MR) is 55.6 cm³/mol. The molecule has 0 aliphatic rings. The van der Waals surface area contributed by atoms with Crippen LogP contribution in [0.1, 0.15) is 39.8 Å². The third kappa shape index (κ3) is 2.02. The first-order valence-corrected chi connectivity index (χ1v) is 4.79. The Kier molecular flexibility index (Phi) is 2.64. The Morgan fingerprint density at radius 3 is 2.54 bits per heavy atom. The molecule has 0 atom stereocenters. The van der Waals surface area contributed by atoms with Gasteiger partial charge in [-0.2, -0.15) is 5.10 Å². The second-order valence-corrected chi connectivity index (χ2v) is 4.38. The van der Waals surface area contributed by atoms with Crippen molar-refractivity contribution in [3.8, 4) is 0 Å². The molecule has 0 saturated carbocycles. The summed E-state index contributed by atoms with van der Waals surface area (Å²) in [6, 6.07) is 0. The summed E-state index contributed by atoms with van der Waals surface area (Å²) in [7, 11) is 0. The molecule has 0 fully saturated rings. The van der Waals surface area contributed by atoms with Crippen LogP contribution in [0.5, 0.6) is 0 Å². The SMILES string of the molecule is CCCc1c(N)cnn1C(C)(C)C. The average molecular weight is 181 g/mol. The van der Waals surface area contributed by atoms with Crippen molar-refractivity contribution in [1.82, 2.24) is 9.78 Å². The van der Waals surface area contributed by atoms with E-state index < -0.39 is 0 Å². The average Bonchev–Trinajstić information content (AvgIpc) is 2.32. The minimum atomic E-state index is 0.0299. The standard InChI is InChI=1S/C10H19N3/c1-5-6-9-8(11)7-12-13(9)10(2,3)4/h7H,5-6,11H2,1-4H3. The number of hydrogen-bond donors (Lipinski definition) is 1. The molecule has 1 aromatic heterocycles. The van der Waals surface area contributed by atoms with E-state index in [-0.39, 0.29) is 5.54 Å². The van der Waals surface area contributed by atoms with Crippen LogP contribution in [0.3, 0.4) is 0 Å². The van der Waals surface area contributed by atoms with E-state index in [9.17, 15) is 0 Å². The molecule has 0 spiro atoms. The van der Waals surface area contributed by atoms with Gasteiger partial charge in [-0.15, -0.1) is 0 Å². The summed E-state index contributed by atoms with van der Waals surface area (Å²) < 4.78 is 2.02. The van der Waals surface area contributed by atoms with Gasteiger partial charge >= 0.3 is 0 Å². The first kappa shape index (κ1) is 10.1. The van der Waals surface area contributed by atoms with Gasteiger partial charge in [-0.1, -0.05) is 13.3 Å². The van der Waals surface area contributed by atoms with Crippen LogP contribution in [0.4, 0.5) is 5.69 Å². The maximum atomic E-state index is 5.84. The highest BCUT2D eigenvalue weighted by Gasteiger charge is 2.18. The predicted octanol–water partition coefficient (Wildman–Crippen LogP) is 2.17. The highest BCUT2D eigenvalue weighted by atomic mass is 15.3. The van der Waals surface area contributed by atoms with Crippen LogP contribution in [0, 0.1) is 0 Å². The van der Waals surface area contributed by atoms with Gasteiger partial charge in [-0.05, 0) is 27.2 Å². The first-order valence-electron chi connectivity index (χ1n) is 4.79. The Morgan fingerprint density at radius 2 is 2.08 bits per heavy atom. The van der Waals surface area contributed by atoms with E-state index in [1.165, 1.54) is 0 Å². The van der Waals surface area contributed by atoms with Crippen molar-refractivity contribution in [2.75, 3.05) is 5.73 Å². The van der Waals surface area contributed by atoms with Crippen LogP contribution < -0.4 is 5.73 Å². The van der Waals surface area contributed by atoms with Gasteiger partial charge < -0.3 is 5.73 Å². The summed E-state index contributed by atoms with van der Waals surface area (Å²) in [6.45, 7) is 8.56. The fraction of sp³-hybridized carbons (Fsp3) is 0.700. The molecule has 0 saturated heterocycles. The normalized spacial score (nSPS) is 12.0. The first-order chi connectivity index (χ1) is 5.96. The summed E-state index contributed by atoms with van der Waals surface area (Å²) in [4.78, 5) is 0. The quantitative estimate of drug-likeness (QED) is 0.760. The fourth-order valence-corrected chi connectivity index (χ4v) is 1.45. The number of hydrogen-bond acceptors (Lipinski definition) is 2. The second kappa shape index (κ2) is 3.40. The molecular weight excluding hydrogens is 162 g/mol. The van der Waals surface area contributed by atoms with E-state index in [1.807, 2.05) is 4.68 Å².